The van der Waals surface area contributed by atoms with Crippen molar-refractivity contribution in [3.8, 4) is 5.75 Å². The third-order valence-electron chi connectivity index (χ3n) is 3.75. The van der Waals surface area contributed by atoms with E-state index in [4.69, 9.17) is 15.2 Å². The Labute approximate surface area is 131 Å². The summed E-state index contributed by atoms with van der Waals surface area (Å²) in [5.74, 6) is 0.632. The fraction of sp³-hybridized carbons (Fsp3) is 0.625. The molecule has 0 aliphatic carbocycles. The molecule has 6 heteroatoms. The highest BCUT2D eigenvalue weighted by molar-refractivity contribution is 5.81. The first kappa shape index (κ1) is 16.7. The number of ether oxygens (including phenoxy) is 2. The molecular weight excluding hydrogens is 282 g/mol. The zero-order valence-corrected chi connectivity index (χ0v) is 13.1. The van der Waals surface area contributed by atoms with Gasteiger partial charge in [0, 0.05) is 25.9 Å². The van der Waals surface area contributed by atoms with Gasteiger partial charge in [-0.05, 0) is 44.9 Å². The summed E-state index contributed by atoms with van der Waals surface area (Å²) in [5, 5.41) is 0. The van der Waals surface area contributed by atoms with Crippen LogP contribution in [0.4, 0.5) is 0 Å². The van der Waals surface area contributed by atoms with Gasteiger partial charge in [-0.15, -0.1) is 0 Å². The van der Waals surface area contributed by atoms with Gasteiger partial charge in [0.2, 0.25) is 0 Å². The van der Waals surface area contributed by atoms with Crippen molar-refractivity contribution in [2.75, 3.05) is 26.2 Å². The van der Waals surface area contributed by atoms with Crippen LogP contribution in [0.2, 0.25) is 0 Å². The van der Waals surface area contributed by atoms with Crippen molar-refractivity contribution in [3.05, 3.63) is 24.5 Å². The second-order valence-electron chi connectivity index (χ2n) is 5.49. The highest BCUT2D eigenvalue weighted by atomic mass is 16.5. The van der Waals surface area contributed by atoms with Crippen LogP contribution < -0.4 is 10.5 Å². The molecule has 0 saturated carbocycles. The summed E-state index contributed by atoms with van der Waals surface area (Å²) in [6.45, 7) is 4.56. The number of piperidine rings is 1. The predicted molar refractivity (Wildman–Crippen MR) is 83.6 cm³/mol. The SMILES string of the molecule is CC(Oc1cccnc1)C(=O)N1CCC(OCCCN)CC1. The lowest BCUT2D eigenvalue weighted by Gasteiger charge is -2.33. The van der Waals surface area contributed by atoms with Crippen LogP contribution in [0, 0.1) is 0 Å². The van der Waals surface area contributed by atoms with E-state index in [2.05, 4.69) is 4.98 Å². The summed E-state index contributed by atoms with van der Waals surface area (Å²) in [7, 11) is 0. The van der Waals surface area contributed by atoms with Crippen LogP contribution >= 0.6 is 0 Å². The standard InChI is InChI=1S/C16H25N3O3/c1-13(22-15-4-2-8-18-12-15)16(20)19-9-5-14(6-10-19)21-11-3-7-17/h2,4,8,12-14H,3,5-7,9-11,17H2,1H3. The Kier molecular flexibility index (Phi) is 6.61. The smallest absolute Gasteiger partial charge is 0.263 e. The Bertz CT molecular complexity index is 447. The molecule has 0 aromatic carbocycles. The number of carbonyl (C=O) groups excluding carboxylic acids is 1. The summed E-state index contributed by atoms with van der Waals surface area (Å²) in [4.78, 5) is 18.2. The molecule has 1 unspecified atom stereocenters. The van der Waals surface area contributed by atoms with E-state index in [0.717, 1.165) is 19.3 Å². The van der Waals surface area contributed by atoms with Crippen LogP contribution in [0.1, 0.15) is 26.2 Å². The van der Waals surface area contributed by atoms with Crippen molar-refractivity contribution in [1.29, 1.82) is 0 Å². The Balaban J connectivity index is 1.74. The van der Waals surface area contributed by atoms with Gasteiger partial charge in [-0.25, -0.2) is 0 Å². The van der Waals surface area contributed by atoms with E-state index in [1.54, 1.807) is 31.5 Å². The Hall–Kier alpha value is -1.66. The van der Waals surface area contributed by atoms with Gasteiger partial charge < -0.3 is 20.1 Å². The summed E-state index contributed by atoms with van der Waals surface area (Å²) in [6, 6.07) is 3.59. The van der Waals surface area contributed by atoms with Gasteiger partial charge in [0.05, 0.1) is 12.3 Å². The first-order valence-electron chi connectivity index (χ1n) is 7.88. The number of likely N-dealkylation sites (tertiary alicyclic amines) is 1. The van der Waals surface area contributed by atoms with E-state index in [0.29, 0.717) is 32.0 Å². The van der Waals surface area contributed by atoms with E-state index in [1.807, 2.05) is 4.90 Å². The van der Waals surface area contributed by atoms with Gasteiger partial charge in [-0.2, -0.15) is 0 Å². The summed E-state index contributed by atoms with van der Waals surface area (Å²) >= 11 is 0. The molecule has 1 atom stereocenters. The molecule has 1 aliphatic rings. The lowest BCUT2D eigenvalue weighted by molar-refractivity contribution is -0.140. The average Bonchev–Trinajstić information content (AvgIpc) is 2.56. The summed E-state index contributed by atoms with van der Waals surface area (Å²) < 4.78 is 11.4. The minimum absolute atomic E-state index is 0.0178. The zero-order valence-electron chi connectivity index (χ0n) is 13.1. The van der Waals surface area contributed by atoms with E-state index in [9.17, 15) is 4.79 Å². The van der Waals surface area contributed by atoms with Crippen molar-refractivity contribution in [1.82, 2.24) is 9.88 Å². The average molecular weight is 307 g/mol. The highest BCUT2D eigenvalue weighted by Crippen LogP contribution is 2.16. The van der Waals surface area contributed by atoms with Crippen LogP contribution in [-0.4, -0.2) is 54.2 Å². The maximum Gasteiger partial charge on any atom is 0.263 e. The summed E-state index contributed by atoms with van der Waals surface area (Å²) in [6.07, 6.45) is 5.65. The van der Waals surface area contributed by atoms with Crippen LogP contribution in [0.3, 0.4) is 0 Å². The molecule has 22 heavy (non-hydrogen) atoms. The summed E-state index contributed by atoms with van der Waals surface area (Å²) in [5.41, 5.74) is 5.45. The highest BCUT2D eigenvalue weighted by Gasteiger charge is 2.27. The number of hydrogen-bond donors (Lipinski definition) is 1. The molecule has 1 saturated heterocycles. The van der Waals surface area contributed by atoms with Crippen molar-refractivity contribution < 1.29 is 14.3 Å². The molecule has 2 N–H and O–H groups in total. The largest absolute Gasteiger partial charge is 0.479 e. The molecule has 2 rings (SSSR count). The Morgan fingerprint density at radius 2 is 2.27 bits per heavy atom. The molecule has 1 aromatic heterocycles. The molecule has 0 bridgehead atoms. The molecule has 0 radical (unpaired) electrons. The van der Waals surface area contributed by atoms with Crippen LogP contribution in [-0.2, 0) is 9.53 Å². The maximum atomic E-state index is 12.4. The number of nitrogens with two attached hydrogens (primary N) is 1. The molecular formula is C16H25N3O3. The lowest BCUT2D eigenvalue weighted by atomic mass is 10.1. The third-order valence-corrected chi connectivity index (χ3v) is 3.75. The monoisotopic (exact) mass is 307 g/mol. The topological polar surface area (TPSA) is 77.7 Å². The molecule has 0 spiro atoms. The second kappa shape index (κ2) is 8.70. The van der Waals surface area contributed by atoms with Gasteiger partial charge in [0.1, 0.15) is 5.75 Å². The minimum Gasteiger partial charge on any atom is -0.479 e. The number of rotatable bonds is 7. The molecule has 122 valence electrons. The van der Waals surface area contributed by atoms with Crippen molar-refractivity contribution >= 4 is 5.91 Å². The van der Waals surface area contributed by atoms with Crippen molar-refractivity contribution in [2.45, 2.75) is 38.4 Å². The first-order valence-corrected chi connectivity index (χ1v) is 7.88. The molecule has 1 aromatic rings. The van der Waals surface area contributed by atoms with Crippen LogP contribution in [0.5, 0.6) is 5.75 Å². The quantitative estimate of drug-likeness (QED) is 0.766. The maximum absolute atomic E-state index is 12.4. The van der Waals surface area contributed by atoms with E-state index >= 15 is 0 Å². The van der Waals surface area contributed by atoms with Gasteiger partial charge >= 0.3 is 0 Å². The van der Waals surface area contributed by atoms with Crippen LogP contribution in [0.25, 0.3) is 0 Å². The fourth-order valence-corrected chi connectivity index (χ4v) is 2.50. The number of amides is 1. The normalized spacial score (nSPS) is 17.3. The number of nitrogens with zero attached hydrogens (tertiary/aromatic N) is 2. The van der Waals surface area contributed by atoms with Gasteiger partial charge in [-0.3, -0.25) is 9.78 Å². The van der Waals surface area contributed by atoms with E-state index in [1.165, 1.54) is 0 Å². The van der Waals surface area contributed by atoms with Gasteiger partial charge in [0.25, 0.3) is 5.91 Å². The Morgan fingerprint density at radius 3 is 2.91 bits per heavy atom. The first-order chi connectivity index (χ1) is 10.7. The Morgan fingerprint density at radius 1 is 1.50 bits per heavy atom. The number of hydrogen-bond acceptors (Lipinski definition) is 5. The van der Waals surface area contributed by atoms with Crippen LogP contribution in [0.15, 0.2) is 24.5 Å². The van der Waals surface area contributed by atoms with E-state index < -0.39 is 6.10 Å². The second-order valence-corrected chi connectivity index (χ2v) is 5.49. The van der Waals surface area contributed by atoms with Crippen molar-refractivity contribution in [2.24, 2.45) is 5.73 Å². The molecule has 1 fully saturated rings. The van der Waals surface area contributed by atoms with E-state index in [-0.39, 0.29) is 12.0 Å². The van der Waals surface area contributed by atoms with Gasteiger partial charge in [-0.1, -0.05) is 0 Å². The lowest BCUT2D eigenvalue weighted by Crippen LogP contribution is -2.46. The number of carbonyl (C=O) groups is 1. The molecule has 2 heterocycles. The minimum atomic E-state index is -0.501. The van der Waals surface area contributed by atoms with Crippen molar-refractivity contribution in [3.63, 3.8) is 0 Å². The number of aromatic nitrogens is 1. The molecule has 1 amide bonds. The number of pyridine rings is 1. The van der Waals surface area contributed by atoms with Gasteiger partial charge in [0.15, 0.2) is 6.10 Å². The predicted octanol–water partition coefficient (Wildman–Crippen LogP) is 1.21. The molecule has 6 nitrogen and oxygen atoms in total. The fourth-order valence-electron chi connectivity index (χ4n) is 2.50. The molecule has 1 aliphatic heterocycles. The zero-order chi connectivity index (χ0) is 15.8. The third kappa shape index (κ3) is 4.96.